The lowest BCUT2D eigenvalue weighted by atomic mass is 10.1. The van der Waals surface area contributed by atoms with E-state index in [2.05, 4.69) is 15.6 Å². The Bertz CT molecular complexity index is 1030. The molecule has 1 aliphatic rings. The molecule has 9 nitrogen and oxygen atoms in total. The Morgan fingerprint density at radius 1 is 1.19 bits per heavy atom. The molecule has 0 bridgehead atoms. The number of hydrogen-bond acceptors (Lipinski definition) is 5. The van der Waals surface area contributed by atoms with Gasteiger partial charge in [0.1, 0.15) is 10.6 Å². The van der Waals surface area contributed by atoms with Crippen molar-refractivity contribution >= 4 is 27.5 Å². The van der Waals surface area contributed by atoms with Gasteiger partial charge < -0.3 is 20.4 Å². The minimum Gasteiger partial charge on any atom is -0.379 e. The van der Waals surface area contributed by atoms with Crippen molar-refractivity contribution in [1.29, 1.82) is 0 Å². The molecular formula is C21H28N4O5S. The summed E-state index contributed by atoms with van der Waals surface area (Å²) in [5.74, 6) is -0.213. The first-order chi connectivity index (χ1) is 14.8. The maximum atomic E-state index is 12.7. The second kappa shape index (κ2) is 10.1. The highest BCUT2D eigenvalue weighted by molar-refractivity contribution is 7.89. The van der Waals surface area contributed by atoms with Crippen molar-refractivity contribution in [2.24, 2.45) is 5.92 Å². The fraction of sp³-hybridized carbons (Fsp3) is 0.429. The first-order valence-corrected chi connectivity index (χ1v) is 11.6. The van der Waals surface area contributed by atoms with Crippen molar-refractivity contribution in [1.82, 2.24) is 14.6 Å². The molecule has 1 aliphatic heterocycles. The Labute approximate surface area is 182 Å². The molecule has 0 unspecified atom stereocenters. The number of rotatable bonds is 8. The fourth-order valence-corrected chi connectivity index (χ4v) is 4.61. The van der Waals surface area contributed by atoms with Crippen molar-refractivity contribution in [3.63, 3.8) is 0 Å². The Balaban J connectivity index is 1.59. The smallest absolute Gasteiger partial charge is 0.268 e. The molecule has 168 valence electrons. The number of benzene rings is 1. The van der Waals surface area contributed by atoms with Gasteiger partial charge in [0.05, 0.1) is 13.2 Å². The summed E-state index contributed by atoms with van der Waals surface area (Å²) in [4.78, 5) is 27.2. The number of carbonyl (C=O) groups is 2. The molecule has 0 spiro atoms. The number of morpholine rings is 1. The lowest BCUT2D eigenvalue weighted by molar-refractivity contribution is -0.116. The lowest BCUT2D eigenvalue weighted by Crippen LogP contribution is -2.40. The third-order valence-electron chi connectivity index (χ3n) is 4.77. The van der Waals surface area contributed by atoms with Gasteiger partial charge in [-0.15, -0.1) is 0 Å². The van der Waals surface area contributed by atoms with Crippen LogP contribution in [0.15, 0.2) is 41.4 Å². The van der Waals surface area contributed by atoms with Crippen molar-refractivity contribution in [2.45, 2.75) is 31.7 Å². The summed E-state index contributed by atoms with van der Waals surface area (Å²) in [7, 11) is -3.67. The van der Waals surface area contributed by atoms with E-state index in [1.807, 2.05) is 19.9 Å². The van der Waals surface area contributed by atoms with Crippen LogP contribution in [0.1, 0.15) is 36.3 Å². The molecule has 2 heterocycles. The van der Waals surface area contributed by atoms with Crippen molar-refractivity contribution in [3.05, 3.63) is 47.8 Å². The van der Waals surface area contributed by atoms with Crippen LogP contribution in [0.5, 0.6) is 0 Å². The van der Waals surface area contributed by atoms with Gasteiger partial charge in [0.15, 0.2) is 0 Å². The molecule has 1 aromatic carbocycles. The first-order valence-electron chi connectivity index (χ1n) is 10.2. The first kappa shape index (κ1) is 23.0. The third kappa shape index (κ3) is 6.16. The minimum absolute atomic E-state index is 0.0504. The highest BCUT2D eigenvalue weighted by atomic mass is 32.2. The highest BCUT2D eigenvalue weighted by Gasteiger charge is 2.27. The van der Waals surface area contributed by atoms with Gasteiger partial charge >= 0.3 is 0 Å². The van der Waals surface area contributed by atoms with E-state index in [4.69, 9.17) is 4.74 Å². The molecule has 1 fully saturated rings. The number of nitrogens with zero attached hydrogens (tertiary/aromatic N) is 1. The molecular weight excluding hydrogens is 420 g/mol. The summed E-state index contributed by atoms with van der Waals surface area (Å²) in [6.07, 6.45) is 1.76. The summed E-state index contributed by atoms with van der Waals surface area (Å²) in [5, 5.41) is 5.61. The molecule has 0 atom stereocenters. The van der Waals surface area contributed by atoms with E-state index in [1.54, 1.807) is 18.2 Å². The Morgan fingerprint density at radius 3 is 2.65 bits per heavy atom. The van der Waals surface area contributed by atoms with Crippen LogP contribution in [0, 0.1) is 5.92 Å². The van der Waals surface area contributed by atoms with Crippen LogP contribution >= 0.6 is 0 Å². The van der Waals surface area contributed by atoms with Crippen LogP contribution < -0.4 is 10.6 Å². The summed E-state index contributed by atoms with van der Waals surface area (Å²) >= 11 is 0. The molecule has 1 aromatic heterocycles. The molecule has 3 rings (SSSR count). The number of anilines is 1. The normalized spacial score (nSPS) is 15.1. The van der Waals surface area contributed by atoms with E-state index in [0.29, 0.717) is 38.4 Å². The van der Waals surface area contributed by atoms with E-state index < -0.39 is 15.9 Å². The van der Waals surface area contributed by atoms with Gasteiger partial charge in [0.2, 0.25) is 15.9 Å². The maximum absolute atomic E-state index is 12.7. The second-order valence-corrected chi connectivity index (χ2v) is 9.73. The zero-order valence-corrected chi connectivity index (χ0v) is 18.5. The number of amides is 2. The largest absolute Gasteiger partial charge is 0.379 e. The highest BCUT2D eigenvalue weighted by Crippen LogP contribution is 2.18. The zero-order valence-electron chi connectivity index (χ0n) is 17.7. The molecule has 1 saturated heterocycles. The molecule has 0 saturated carbocycles. The number of carbonyl (C=O) groups excluding carboxylic acids is 2. The summed E-state index contributed by atoms with van der Waals surface area (Å²) in [6, 6.07) is 8.55. The van der Waals surface area contributed by atoms with Crippen LogP contribution in [-0.4, -0.2) is 55.8 Å². The maximum Gasteiger partial charge on any atom is 0.268 e. The van der Waals surface area contributed by atoms with E-state index in [9.17, 15) is 18.0 Å². The minimum atomic E-state index is -3.67. The molecule has 0 radical (unpaired) electrons. The number of nitrogens with one attached hydrogen (secondary N) is 3. The van der Waals surface area contributed by atoms with E-state index in [0.717, 1.165) is 5.56 Å². The molecule has 10 heteroatoms. The van der Waals surface area contributed by atoms with Crippen LogP contribution in [-0.2, 0) is 26.1 Å². The monoisotopic (exact) mass is 448 g/mol. The molecule has 31 heavy (non-hydrogen) atoms. The Kier molecular flexibility index (Phi) is 7.47. The van der Waals surface area contributed by atoms with Gasteiger partial charge in [0.25, 0.3) is 5.91 Å². The zero-order chi connectivity index (χ0) is 22.4. The van der Waals surface area contributed by atoms with Crippen LogP contribution in [0.3, 0.4) is 0 Å². The quantitative estimate of drug-likeness (QED) is 0.570. The van der Waals surface area contributed by atoms with Crippen molar-refractivity contribution < 1.29 is 22.7 Å². The number of hydrogen-bond donors (Lipinski definition) is 3. The SMILES string of the molecule is CC(C)CC(=O)Nc1cccc(CNC(=O)c2cc(S(=O)(=O)N3CCOCC3)c[nH]2)c1. The van der Waals surface area contributed by atoms with Gasteiger partial charge in [-0.05, 0) is 29.7 Å². The predicted molar refractivity (Wildman–Crippen MR) is 116 cm³/mol. The summed E-state index contributed by atoms with van der Waals surface area (Å²) < 4.78 is 31.9. The fourth-order valence-electron chi connectivity index (χ4n) is 3.21. The standard InChI is InChI=1S/C21H28N4O5S/c1-15(2)10-20(26)24-17-5-3-4-16(11-17)13-23-21(27)19-12-18(14-22-19)31(28,29)25-6-8-30-9-7-25/h3-5,11-12,14-15,22H,6-10,13H2,1-2H3,(H,23,27)(H,24,26). The van der Waals surface area contributed by atoms with Crippen LogP contribution in [0.4, 0.5) is 5.69 Å². The summed E-state index contributed by atoms with van der Waals surface area (Å²) in [6.45, 7) is 5.48. The molecule has 2 amide bonds. The number of ether oxygens (including phenoxy) is 1. The average molecular weight is 449 g/mol. The summed E-state index contributed by atoms with van der Waals surface area (Å²) in [5.41, 5.74) is 1.63. The van der Waals surface area contributed by atoms with Crippen LogP contribution in [0.25, 0.3) is 0 Å². The molecule has 2 aromatic rings. The van der Waals surface area contributed by atoms with E-state index in [-0.39, 0.29) is 29.0 Å². The van der Waals surface area contributed by atoms with Gasteiger partial charge in [0, 0.05) is 37.9 Å². The van der Waals surface area contributed by atoms with E-state index in [1.165, 1.54) is 16.6 Å². The Morgan fingerprint density at radius 2 is 1.94 bits per heavy atom. The Hall–Kier alpha value is -2.69. The predicted octanol–water partition coefficient (Wildman–Crippen LogP) is 1.95. The van der Waals surface area contributed by atoms with Gasteiger partial charge in [-0.25, -0.2) is 8.42 Å². The van der Waals surface area contributed by atoms with E-state index >= 15 is 0 Å². The molecule has 3 N–H and O–H groups in total. The number of aromatic nitrogens is 1. The number of sulfonamides is 1. The van der Waals surface area contributed by atoms with Crippen molar-refractivity contribution in [3.8, 4) is 0 Å². The topological polar surface area (TPSA) is 121 Å². The average Bonchev–Trinajstić information content (AvgIpc) is 3.23. The van der Waals surface area contributed by atoms with Crippen molar-refractivity contribution in [2.75, 3.05) is 31.6 Å². The second-order valence-electron chi connectivity index (χ2n) is 7.79. The number of aromatic amines is 1. The van der Waals surface area contributed by atoms with Gasteiger partial charge in [-0.1, -0.05) is 26.0 Å². The van der Waals surface area contributed by atoms with Gasteiger partial charge in [-0.2, -0.15) is 4.31 Å². The number of H-pyrrole nitrogens is 1. The van der Waals surface area contributed by atoms with Gasteiger partial charge in [-0.3, -0.25) is 9.59 Å². The van der Waals surface area contributed by atoms with Crippen LogP contribution in [0.2, 0.25) is 0 Å². The third-order valence-corrected chi connectivity index (χ3v) is 6.64. The lowest BCUT2D eigenvalue weighted by Gasteiger charge is -2.25. The molecule has 0 aliphatic carbocycles.